The van der Waals surface area contributed by atoms with Crippen molar-refractivity contribution in [2.24, 2.45) is 0 Å². The summed E-state index contributed by atoms with van der Waals surface area (Å²) >= 11 is 16.5. The fourth-order valence-corrected chi connectivity index (χ4v) is 1.86. The van der Waals surface area contributed by atoms with E-state index in [2.05, 4.69) is 6.58 Å². The van der Waals surface area contributed by atoms with Crippen LogP contribution in [0, 0.1) is 0 Å². The first-order chi connectivity index (χ1) is 9.84. The summed E-state index contributed by atoms with van der Waals surface area (Å²) in [5.74, 6) is -1.09. The maximum atomic E-state index is 12.0. The van der Waals surface area contributed by atoms with E-state index < -0.39 is 15.4 Å². The second-order valence-corrected chi connectivity index (χ2v) is 6.35. The summed E-state index contributed by atoms with van der Waals surface area (Å²) in [4.78, 5) is 23.7. The van der Waals surface area contributed by atoms with Crippen molar-refractivity contribution >= 4 is 51.7 Å². The molecule has 0 bridgehead atoms. The molecule has 0 N–H and O–H groups in total. The Morgan fingerprint density at radius 3 is 2.62 bits per heavy atom. The molecule has 1 heterocycles. The van der Waals surface area contributed by atoms with Crippen LogP contribution < -0.4 is 10.4 Å². The molecule has 0 fully saturated rings. The van der Waals surface area contributed by atoms with Crippen LogP contribution in [0.3, 0.4) is 0 Å². The molecule has 110 valence electrons. The van der Waals surface area contributed by atoms with Crippen molar-refractivity contribution < 1.29 is 13.9 Å². The fraction of sp³-hybridized carbons (Fsp3) is 0.143. The zero-order valence-corrected chi connectivity index (χ0v) is 12.8. The summed E-state index contributed by atoms with van der Waals surface area (Å²) in [5, 5.41) is 0.427. The highest BCUT2D eigenvalue weighted by atomic mass is 35.6. The number of allylic oxidation sites excluding steroid dienone is 1. The number of rotatable bonds is 3. The molecule has 0 unspecified atom stereocenters. The topological polar surface area (TPSA) is 56.5 Å². The fourth-order valence-electron chi connectivity index (χ4n) is 1.75. The van der Waals surface area contributed by atoms with Crippen molar-refractivity contribution in [2.45, 2.75) is 10.2 Å². The van der Waals surface area contributed by atoms with E-state index in [-0.39, 0.29) is 23.3 Å². The number of carbonyl (C=O) groups is 1. The van der Waals surface area contributed by atoms with E-state index in [1.807, 2.05) is 0 Å². The maximum Gasteiger partial charge on any atom is 0.363 e. The Bertz CT molecular complexity index is 759. The Morgan fingerprint density at radius 2 is 2.00 bits per heavy atom. The second-order valence-electron chi connectivity index (χ2n) is 4.07. The van der Waals surface area contributed by atoms with Crippen LogP contribution in [0.1, 0.15) is 5.56 Å². The van der Waals surface area contributed by atoms with Gasteiger partial charge in [0.15, 0.2) is 5.75 Å². The average molecular weight is 348 g/mol. The quantitative estimate of drug-likeness (QED) is 0.367. The predicted octanol–water partition coefficient (Wildman–Crippen LogP) is 3.80. The second kappa shape index (κ2) is 6.10. The molecule has 0 spiro atoms. The average Bonchev–Trinajstić information content (AvgIpc) is 2.41. The lowest BCUT2D eigenvalue weighted by Gasteiger charge is -2.14. The van der Waals surface area contributed by atoms with Gasteiger partial charge < -0.3 is 9.15 Å². The molecular weight excluding hydrogens is 339 g/mol. The molecule has 2 rings (SSSR count). The highest BCUT2D eigenvalue weighted by Crippen LogP contribution is 2.33. The van der Waals surface area contributed by atoms with Gasteiger partial charge >= 0.3 is 11.6 Å². The molecule has 21 heavy (non-hydrogen) atoms. The van der Waals surface area contributed by atoms with Crippen LogP contribution in [0.25, 0.3) is 11.0 Å². The van der Waals surface area contributed by atoms with Crippen molar-refractivity contribution in [1.29, 1.82) is 0 Å². The molecule has 1 aromatic carbocycles. The monoisotopic (exact) mass is 346 g/mol. The van der Waals surface area contributed by atoms with E-state index in [1.165, 1.54) is 6.08 Å². The minimum Gasteiger partial charge on any atom is -0.422 e. The normalized spacial score (nSPS) is 11.4. The molecule has 0 amide bonds. The summed E-state index contributed by atoms with van der Waals surface area (Å²) in [6, 6.07) is 6.58. The molecule has 0 aliphatic heterocycles. The number of fused-ring (bicyclic) bond motifs is 1. The SMILES string of the molecule is C=CCc1c(OC(=O)C(Cl)(Cl)Cl)c2ccccc2oc1=O. The van der Waals surface area contributed by atoms with Gasteiger partial charge in [0, 0.05) is 6.42 Å². The molecule has 0 saturated heterocycles. The number of halogens is 3. The number of esters is 1. The molecule has 1 aromatic heterocycles. The van der Waals surface area contributed by atoms with Crippen molar-refractivity contribution in [1.82, 2.24) is 0 Å². The van der Waals surface area contributed by atoms with Gasteiger partial charge in [0.2, 0.25) is 0 Å². The molecule has 0 saturated carbocycles. The first-order valence-electron chi connectivity index (χ1n) is 5.79. The Balaban J connectivity index is 2.67. The van der Waals surface area contributed by atoms with Crippen molar-refractivity contribution in [3.8, 4) is 5.75 Å². The number of carbonyl (C=O) groups excluding carboxylic acids is 1. The molecule has 0 aliphatic carbocycles. The first kappa shape index (κ1) is 15.9. The Morgan fingerprint density at radius 1 is 1.33 bits per heavy atom. The number of benzene rings is 1. The smallest absolute Gasteiger partial charge is 0.363 e. The van der Waals surface area contributed by atoms with E-state index in [4.69, 9.17) is 44.0 Å². The maximum absolute atomic E-state index is 12.0. The van der Waals surface area contributed by atoms with E-state index >= 15 is 0 Å². The number of hydrogen-bond donors (Lipinski definition) is 0. The molecule has 4 nitrogen and oxygen atoms in total. The van der Waals surface area contributed by atoms with Crippen LogP contribution in [0.4, 0.5) is 0 Å². The van der Waals surface area contributed by atoms with Gasteiger partial charge in [0.1, 0.15) is 5.58 Å². The van der Waals surface area contributed by atoms with Gasteiger partial charge in [-0.25, -0.2) is 9.59 Å². The summed E-state index contributed by atoms with van der Waals surface area (Å²) in [5.41, 5.74) is -0.241. The van der Waals surface area contributed by atoms with Gasteiger partial charge in [-0.1, -0.05) is 53.0 Å². The van der Waals surface area contributed by atoms with Crippen molar-refractivity contribution in [2.75, 3.05) is 0 Å². The van der Waals surface area contributed by atoms with Gasteiger partial charge in [-0.2, -0.15) is 0 Å². The third kappa shape index (κ3) is 3.40. The molecule has 0 aliphatic rings. The minimum absolute atomic E-state index is 0.0121. The number of alkyl halides is 3. The van der Waals surface area contributed by atoms with Crippen LogP contribution in [0.15, 0.2) is 46.1 Å². The van der Waals surface area contributed by atoms with E-state index in [0.717, 1.165) is 0 Å². The highest BCUT2D eigenvalue weighted by Gasteiger charge is 2.34. The standard InChI is InChI=1S/C14H9Cl3O4/c1-2-5-9-11(21-13(19)14(15,16)17)8-6-3-4-7-10(8)20-12(9)18/h2-4,6-7H,1,5H2. The number of hydrogen-bond acceptors (Lipinski definition) is 4. The molecule has 7 heteroatoms. The predicted molar refractivity (Wildman–Crippen MR) is 82.3 cm³/mol. The van der Waals surface area contributed by atoms with Crippen molar-refractivity contribution in [3.05, 3.63) is 52.9 Å². The van der Waals surface area contributed by atoms with Gasteiger partial charge in [-0.15, -0.1) is 6.58 Å². The third-order valence-corrected chi connectivity index (χ3v) is 3.09. The molecule has 0 atom stereocenters. The Labute approximate surface area is 134 Å². The number of para-hydroxylation sites is 1. The van der Waals surface area contributed by atoms with Gasteiger partial charge in [0.25, 0.3) is 3.79 Å². The molecule has 2 aromatic rings. The summed E-state index contributed by atoms with van der Waals surface area (Å²) in [6.07, 6.45) is 1.63. The van der Waals surface area contributed by atoms with Gasteiger partial charge in [-0.3, -0.25) is 0 Å². The van der Waals surface area contributed by atoms with Crippen LogP contribution in [0.2, 0.25) is 0 Å². The largest absolute Gasteiger partial charge is 0.422 e. The lowest BCUT2D eigenvalue weighted by molar-refractivity contribution is -0.133. The first-order valence-corrected chi connectivity index (χ1v) is 6.92. The third-order valence-electron chi connectivity index (χ3n) is 2.63. The summed E-state index contributed by atoms with van der Waals surface area (Å²) in [7, 11) is 0. The van der Waals surface area contributed by atoms with Crippen LogP contribution >= 0.6 is 34.8 Å². The lowest BCUT2D eigenvalue weighted by Crippen LogP contribution is -2.26. The zero-order valence-electron chi connectivity index (χ0n) is 10.6. The van der Waals surface area contributed by atoms with Gasteiger partial charge in [-0.05, 0) is 12.1 Å². The van der Waals surface area contributed by atoms with E-state index in [9.17, 15) is 9.59 Å². The van der Waals surface area contributed by atoms with Crippen LogP contribution in [0.5, 0.6) is 5.75 Å². The highest BCUT2D eigenvalue weighted by molar-refractivity contribution is 6.75. The molecular formula is C14H9Cl3O4. The van der Waals surface area contributed by atoms with Crippen LogP contribution in [-0.4, -0.2) is 9.76 Å². The number of ether oxygens (including phenoxy) is 1. The Kier molecular flexibility index (Phi) is 4.61. The minimum atomic E-state index is -2.25. The summed E-state index contributed by atoms with van der Waals surface area (Å²) in [6.45, 7) is 3.55. The van der Waals surface area contributed by atoms with Crippen molar-refractivity contribution in [3.63, 3.8) is 0 Å². The van der Waals surface area contributed by atoms with E-state index in [0.29, 0.717) is 5.39 Å². The molecule has 0 radical (unpaired) electrons. The van der Waals surface area contributed by atoms with Gasteiger partial charge in [0.05, 0.1) is 10.9 Å². The van der Waals surface area contributed by atoms with E-state index in [1.54, 1.807) is 24.3 Å². The van der Waals surface area contributed by atoms with Crippen LogP contribution in [-0.2, 0) is 11.2 Å². The summed E-state index contributed by atoms with van der Waals surface area (Å²) < 4.78 is 8.03. The Hall–Kier alpha value is -1.49. The zero-order chi connectivity index (χ0) is 15.6. The lowest BCUT2D eigenvalue weighted by atomic mass is 10.1.